The Morgan fingerprint density at radius 1 is 0.733 bits per heavy atom. The molecule has 10 heterocycles. The molecule has 0 aromatic heterocycles. The second kappa shape index (κ2) is 0.346. The molecule has 8 atom stereocenters. The van der Waals surface area contributed by atoms with Gasteiger partial charge in [-0.1, -0.05) is 0 Å². The fraction of sp³-hybridized carbons (Fsp3) is 1.00. The minimum absolute atomic E-state index is 1.03. The van der Waals surface area contributed by atoms with E-state index in [1.807, 2.05) is 0 Å². The Hall–Kier alpha value is 0.519. The first-order chi connectivity index (χ1) is 6.72. The molecule has 0 aromatic carbocycles. The molecule has 0 bridgehead atoms. The third-order valence-corrected chi connectivity index (χ3v) is 67.4. The molecule has 10 rings (SSSR count). The molecule has 10 aliphatic rings. The molecule has 10 fully saturated rings. The molecule has 8 unspecified atom stereocenters. The van der Waals surface area contributed by atoms with Gasteiger partial charge in [-0.3, -0.25) is 0 Å². The number of hydrogen-bond acceptors (Lipinski definition) is 0. The van der Waals surface area contributed by atoms with Crippen molar-refractivity contribution >= 4 is 0 Å². The van der Waals surface area contributed by atoms with Gasteiger partial charge in [0.15, 0.2) is 0 Å². The Bertz CT molecular complexity index is 993. The van der Waals surface area contributed by atoms with Gasteiger partial charge in [0.05, 0.1) is 0 Å². The van der Waals surface area contributed by atoms with E-state index in [1.54, 1.807) is 0 Å². The SMILES string of the molecule is C[C]12[CH]3[CH]4[CH]5[CH]1[Fe]45321678[CH]2[CH]1[C]6(C)[C]7(C)[C]28C. The van der Waals surface area contributed by atoms with E-state index in [2.05, 4.69) is 27.7 Å². The average molecular weight is 242 g/mol. The zero-order valence-corrected chi connectivity index (χ0v) is 10.9. The molecule has 0 radical (unpaired) electrons. The van der Waals surface area contributed by atoms with Gasteiger partial charge >= 0.3 is 80.4 Å². The van der Waals surface area contributed by atoms with Crippen LogP contribution in [0.3, 0.4) is 0 Å². The van der Waals surface area contributed by atoms with Crippen LogP contribution in [0.15, 0.2) is 0 Å². The van der Waals surface area contributed by atoms with Crippen molar-refractivity contribution < 1.29 is 6.51 Å². The third kappa shape index (κ3) is 0.0351. The van der Waals surface area contributed by atoms with E-state index in [9.17, 15) is 0 Å². The summed E-state index contributed by atoms with van der Waals surface area (Å²) < 4.78 is 4.22. The van der Waals surface area contributed by atoms with Crippen molar-refractivity contribution in [2.24, 2.45) is 0 Å². The predicted molar refractivity (Wildman–Crippen MR) is 56.0 cm³/mol. The number of fused-ring (bicyclic) bond motifs is 10. The van der Waals surface area contributed by atoms with Gasteiger partial charge in [0.25, 0.3) is 0 Å². The van der Waals surface area contributed by atoms with E-state index in [4.69, 9.17) is 0 Å². The van der Waals surface area contributed by atoms with Crippen LogP contribution in [0.5, 0.6) is 0 Å². The van der Waals surface area contributed by atoms with Gasteiger partial charge in [-0.25, -0.2) is 0 Å². The Morgan fingerprint density at radius 2 is 1.20 bits per heavy atom. The summed E-state index contributed by atoms with van der Waals surface area (Å²) in [5, 5.41) is 0. The first-order valence-corrected chi connectivity index (χ1v) is 13.0. The topological polar surface area (TPSA) is 0 Å². The monoisotopic (exact) mass is 242 g/mol. The molecule has 0 aromatic rings. The Labute approximate surface area is 80.5 Å². The van der Waals surface area contributed by atoms with Crippen LogP contribution < -0.4 is 0 Å². The van der Waals surface area contributed by atoms with Gasteiger partial charge in [-0.15, -0.1) is 0 Å². The summed E-state index contributed by atoms with van der Waals surface area (Å²) in [7, 11) is 0. The van der Waals surface area contributed by atoms with Crippen LogP contribution in [0, 0.1) is 0 Å². The molecule has 15 heavy (non-hydrogen) atoms. The molecular weight excluding hydrogens is 224 g/mol. The van der Waals surface area contributed by atoms with E-state index < -0.39 is 6.51 Å². The summed E-state index contributed by atoms with van der Waals surface area (Å²) in [6.07, 6.45) is 0. The summed E-state index contributed by atoms with van der Waals surface area (Å²) >= 11 is 0. The van der Waals surface area contributed by atoms with Crippen LogP contribution in [0.2, 0.25) is 46.2 Å². The van der Waals surface area contributed by atoms with E-state index in [0.717, 1.165) is 17.3 Å². The second-order valence-electron chi connectivity index (χ2n) is 11.4. The molecule has 0 amide bonds. The maximum absolute atomic E-state index is 2.96. The zero-order valence-electron chi connectivity index (χ0n) is 9.82. The van der Waals surface area contributed by atoms with Crippen LogP contribution in [0.1, 0.15) is 27.7 Å². The molecule has 1 spiro atoms. The van der Waals surface area contributed by atoms with Crippen molar-refractivity contribution in [2.45, 2.75) is 73.8 Å². The first kappa shape index (κ1) is 5.44. The number of hydrogen-bond donors (Lipinski definition) is 0. The van der Waals surface area contributed by atoms with Gasteiger partial charge in [-0.05, 0) is 0 Å². The van der Waals surface area contributed by atoms with Crippen molar-refractivity contribution in [3.05, 3.63) is 0 Å². The third-order valence-electron chi connectivity index (χ3n) is 18.3. The predicted octanol–water partition coefficient (Wildman–Crippen LogP) is 4.94. The summed E-state index contributed by atoms with van der Waals surface area (Å²) in [4.78, 5) is 8.69. The van der Waals surface area contributed by atoms with Crippen LogP contribution in [0.25, 0.3) is 0 Å². The Balaban J connectivity index is 2.06. The van der Waals surface area contributed by atoms with E-state index >= 15 is 0 Å². The van der Waals surface area contributed by atoms with Gasteiger partial charge < -0.3 is 0 Å². The van der Waals surface area contributed by atoms with Crippen molar-refractivity contribution in [1.29, 1.82) is 0 Å². The summed E-state index contributed by atoms with van der Waals surface area (Å²) in [6.45, 7) is 8.39. The summed E-state index contributed by atoms with van der Waals surface area (Å²) in [5.74, 6) is 0. The quantitative estimate of drug-likeness (QED) is 0.528. The molecular formula is C14H18Fe. The van der Waals surface area contributed by atoms with E-state index in [1.165, 1.54) is 28.9 Å². The Morgan fingerprint density at radius 3 is 1.20 bits per heavy atom. The summed E-state index contributed by atoms with van der Waals surface area (Å²) in [6, 6.07) is 0. The van der Waals surface area contributed by atoms with Crippen molar-refractivity contribution in [2.75, 3.05) is 0 Å². The maximum atomic E-state index is 2.84. The summed E-state index contributed by atoms with van der Waals surface area (Å²) in [5.41, 5.74) is 0. The van der Waals surface area contributed by atoms with Crippen LogP contribution in [0.4, 0.5) is 0 Å². The van der Waals surface area contributed by atoms with Crippen molar-refractivity contribution in [3.63, 3.8) is 0 Å². The van der Waals surface area contributed by atoms with Gasteiger partial charge in [0.1, 0.15) is 0 Å². The molecule has 0 aliphatic carbocycles. The van der Waals surface area contributed by atoms with Crippen LogP contribution >= 0.6 is 0 Å². The van der Waals surface area contributed by atoms with Crippen molar-refractivity contribution in [1.82, 2.24) is 0 Å². The zero-order chi connectivity index (χ0) is 9.78. The standard InChI is InChI=1S/C8H11.C6H7.Fe/c1-6-4-5-7(2)8(6)3;1-6-4-2-3-5-6;/h4-5H,1-3H3;2-5H,1H3;. The molecule has 1 heteroatoms. The van der Waals surface area contributed by atoms with Gasteiger partial charge in [0.2, 0.25) is 0 Å². The van der Waals surface area contributed by atoms with Crippen LogP contribution in [-0.4, -0.2) is 0 Å². The minimum atomic E-state index is -2.96. The van der Waals surface area contributed by atoms with Crippen LogP contribution in [-0.2, 0) is 6.51 Å². The molecule has 10 aliphatic heterocycles. The first-order valence-electron chi connectivity index (χ1n) is 6.92. The molecule has 10 saturated heterocycles. The number of rotatable bonds is 0. The fourth-order valence-corrected chi connectivity index (χ4v) is 107. The van der Waals surface area contributed by atoms with Gasteiger partial charge in [-0.2, -0.15) is 0 Å². The molecule has 0 N–H and O–H groups in total. The van der Waals surface area contributed by atoms with E-state index in [0.29, 0.717) is 0 Å². The van der Waals surface area contributed by atoms with Gasteiger partial charge in [0, 0.05) is 0 Å². The molecule has 0 saturated carbocycles. The van der Waals surface area contributed by atoms with Crippen molar-refractivity contribution in [3.8, 4) is 0 Å². The Kier molecular flexibility index (Phi) is 0.126. The molecule has 0 nitrogen and oxygen atoms in total. The van der Waals surface area contributed by atoms with E-state index in [-0.39, 0.29) is 0 Å². The average Bonchev–Trinajstić information content (AvgIpc) is 3.15. The molecule has 82 valence electrons. The second-order valence-corrected chi connectivity index (χ2v) is 35.0. The fourth-order valence-electron chi connectivity index (χ4n) is 21.7. The normalized spacial score (nSPS) is 149.